The van der Waals surface area contributed by atoms with E-state index in [-0.39, 0.29) is 17.1 Å². The minimum Gasteiger partial charge on any atom is -0.370 e. The first kappa shape index (κ1) is 15.5. The van der Waals surface area contributed by atoms with E-state index in [0.717, 1.165) is 12.1 Å². The first-order valence-electron chi connectivity index (χ1n) is 6.93. The fourth-order valence-corrected chi connectivity index (χ4v) is 2.40. The second-order valence-corrected chi connectivity index (χ2v) is 5.09. The number of amides is 1. The number of benzene rings is 2. The molecule has 0 spiro atoms. The summed E-state index contributed by atoms with van der Waals surface area (Å²) in [5.41, 5.74) is 11.3. The van der Waals surface area contributed by atoms with Gasteiger partial charge in [0, 0.05) is 40.5 Å². The van der Waals surface area contributed by atoms with Crippen LogP contribution in [0.25, 0.3) is 21.9 Å². The Hall–Kier alpha value is -3.35. The molecule has 0 unspecified atom stereocenters. The predicted octanol–water partition coefficient (Wildman–Crippen LogP) is 2.59. The van der Waals surface area contributed by atoms with Crippen molar-refractivity contribution in [1.29, 1.82) is 0 Å². The molecule has 0 fully saturated rings. The maximum absolute atomic E-state index is 14.1. The van der Waals surface area contributed by atoms with Crippen LogP contribution in [-0.2, 0) is 0 Å². The molecule has 0 saturated heterocycles. The number of hydrogen-bond acceptors (Lipinski definition) is 2. The number of aliphatic imine (C=N–C) groups is 1. The van der Waals surface area contributed by atoms with E-state index in [1.807, 2.05) is 0 Å². The van der Waals surface area contributed by atoms with E-state index < -0.39 is 17.5 Å². The van der Waals surface area contributed by atoms with E-state index in [1.165, 1.54) is 12.3 Å². The number of nitrogens with two attached hydrogens (primary N) is 2. The lowest BCUT2D eigenvalue weighted by Crippen LogP contribution is -2.24. The molecule has 5 nitrogen and oxygen atoms in total. The summed E-state index contributed by atoms with van der Waals surface area (Å²) >= 11 is 0. The number of rotatable bonds is 2. The van der Waals surface area contributed by atoms with E-state index in [1.54, 1.807) is 24.4 Å². The van der Waals surface area contributed by atoms with Gasteiger partial charge in [0.1, 0.15) is 11.6 Å². The minimum atomic E-state index is -0.717. The van der Waals surface area contributed by atoms with Gasteiger partial charge < -0.3 is 11.5 Å². The zero-order valence-electron chi connectivity index (χ0n) is 12.3. The Morgan fingerprint density at radius 3 is 2.50 bits per heavy atom. The van der Waals surface area contributed by atoms with Crippen molar-refractivity contribution in [2.45, 2.75) is 0 Å². The quantitative estimate of drug-likeness (QED) is 0.559. The van der Waals surface area contributed by atoms with Gasteiger partial charge in [0.2, 0.25) is 0 Å². The topological polar surface area (TPSA) is 94.4 Å². The molecule has 4 N–H and O–H groups in total. The van der Waals surface area contributed by atoms with Crippen LogP contribution in [0.4, 0.5) is 8.78 Å². The number of aromatic nitrogens is 1. The Kier molecular flexibility index (Phi) is 3.91. The molecule has 24 heavy (non-hydrogen) atoms. The van der Waals surface area contributed by atoms with Gasteiger partial charge in [0.15, 0.2) is 5.96 Å². The van der Waals surface area contributed by atoms with Crippen LogP contribution >= 0.6 is 0 Å². The lowest BCUT2D eigenvalue weighted by Gasteiger charge is -2.08. The number of carbonyl (C=O) groups excluding carboxylic acids is 1. The van der Waals surface area contributed by atoms with Crippen molar-refractivity contribution in [3.63, 3.8) is 0 Å². The molecule has 2 aromatic carbocycles. The van der Waals surface area contributed by atoms with Crippen LogP contribution in [0.1, 0.15) is 10.4 Å². The number of guanidine groups is 1. The molecule has 0 aliphatic carbocycles. The molecule has 3 rings (SSSR count). The fraction of sp³-hybridized carbons (Fsp3) is 0. The van der Waals surface area contributed by atoms with Gasteiger partial charge in [-0.3, -0.25) is 9.78 Å². The molecule has 1 amide bonds. The second-order valence-electron chi connectivity index (χ2n) is 5.09. The lowest BCUT2D eigenvalue weighted by molar-refractivity contribution is 0.100. The third-order valence-electron chi connectivity index (χ3n) is 3.46. The summed E-state index contributed by atoms with van der Waals surface area (Å²) in [6.07, 6.45) is 3.03. The summed E-state index contributed by atoms with van der Waals surface area (Å²) in [4.78, 5) is 19.5. The molecular weight excluding hydrogens is 314 g/mol. The molecule has 0 bridgehead atoms. The molecule has 0 saturated carbocycles. The highest BCUT2D eigenvalue weighted by Gasteiger charge is 2.13. The zero-order valence-corrected chi connectivity index (χ0v) is 12.3. The van der Waals surface area contributed by atoms with Crippen molar-refractivity contribution in [1.82, 2.24) is 4.98 Å². The summed E-state index contributed by atoms with van der Waals surface area (Å²) in [7, 11) is 0. The van der Waals surface area contributed by atoms with Crippen LogP contribution < -0.4 is 11.5 Å². The van der Waals surface area contributed by atoms with E-state index in [9.17, 15) is 13.6 Å². The number of fused-ring (bicyclic) bond motifs is 1. The number of nitrogens with zero attached hydrogens (tertiary/aromatic N) is 2. The Morgan fingerprint density at radius 1 is 1.00 bits per heavy atom. The van der Waals surface area contributed by atoms with E-state index in [2.05, 4.69) is 9.98 Å². The van der Waals surface area contributed by atoms with Crippen molar-refractivity contribution >= 4 is 22.6 Å². The number of hydrogen-bond donors (Lipinski definition) is 2. The third kappa shape index (κ3) is 2.91. The Bertz CT molecular complexity index is 981. The first-order chi connectivity index (χ1) is 11.5. The normalized spacial score (nSPS) is 10.6. The van der Waals surface area contributed by atoms with Crippen molar-refractivity contribution in [3.8, 4) is 11.1 Å². The number of pyridine rings is 1. The van der Waals surface area contributed by atoms with Crippen molar-refractivity contribution in [3.05, 3.63) is 66.0 Å². The SMILES string of the molecule is NC(N)=NC(=O)c1ccc2cncc(-c3ccc(F)cc3F)c2c1. The van der Waals surface area contributed by atoms with Gasteiger partial charge in [-0.05, 0) is 29.7 Å². The van der Waals surface area contributed by atoms with Crippen LogP contribution in [0, 0.1) is 11.6 Å². The molecule has 1 heterocycles. The summed E-state index contributed by atoms with van der Waals surface area (Å²) in [5.74, 6) is -2.35. The highest BCUT2D eigenvalue weighted by molar-refractivity contribution is 6.06. The molecule has 7 heteroatoms. The highest BCUT2D eigenvalue weighted by atomic mass is 19.1. The van der Waals surface area contributed by atoms with E-state index in [4.69, 9.17) is 11.5 Å². The number of halogens is 2. The molecule has 120 valence electrons. The molecule has 3 aromatic rings. The highest BCUT2D eigenvalue weighted by Crippen LogP contribution is 2.30. The van der Waals surface area contributed by atoms with Crippen LogP contribution in [-0.4, -0.2) is 16.9 Å². The van der Waals surface area contributed by atoms with Gasteiger partial charge >= 0.3 is 0 Å². The predicted molar refractivity (Wildman–Crippen MR) is 87.2 cm³/mol. The Balaban J connectivity index is 2.22. The summed E-state index contributed by atoms with van der Waals surface area (Å²) in [5, 5.41) is 1.27. The average Bonchev–Trinajstić information content (AvgIpc) is 2.53. The Morgan fingerprint density at radius 2 is 1.79 bits per heavy atom. The summed E-state index contributed by atoms with van der Waals surface area (Å²) in [6, 6.07) is 8.02. The summed E-state index contributed by atoms with van der Waals surface area (Å²) in [6.45, 7) is 0. The van der Waals surface area contributed by atoms with Crippen LogP contribution in [0.3, 0.4) is 0 Å². The third-order valence-corrected chi connectivity index (χ3v) is 3.46. The maximum Gasteiger partial charge on any atom is 0.280 e. The van der Waals surface area contributed by atoms with Gasteiger partial charge in [-0.2, -0.15) is 4.99 Å². The van der Waals surface area contributed by atoms with Gasteiger partial charge in [0.05, 0.1) is 0 Å². The molecule has 0 radical (unpaired) electrons. The molecule has 0 atom stereocenters. The van der Waals surface area contributed by atoms with Crippen LogP contribution in [0.2, 0.25) is 0 Å². The van der Waals surface area contributed by atoms with E-state index in [0.29, 0.717) is 16.3 Å². The fourth-order valence-electron chi connectivity index (χ4n) is 2.40. The van der Waals surface area contributed by atoms with Crippen molar-refractivity contribution in [2.75, 3.05) is 0 Å². The van der Waals surface area contributed by atoms with Crippen molar-refractivity contribution in [2.24, 2.45) is 16.5 Å². The lowest BCUT2D eigenvalue weighted by atomic mass is 9.98. The average molecular weight is 326 g/mol. The van der Waals surface area contributed by atoms with Gasteiger partial charge in [-0.1, -0.05) is 6.07 Å². The standard InChI is InChI=1S/C17H12F2N4O/c18-11-3-4-12(15(19)6-11)14-8-22-7-10-2-1-9(5-13(10)14)16(24)23-17(20)21/h1-8H,(H4,20,21,23,24). The number of carbonyl (C=O) groups is 1. The van der Waals surface area contributed by atoms with Crippen LogP contribution in [0.5, 0.6) is 0 Å². The minimum absolute atomic E-state index is 0.181. The maximum atomic E-state index is 14.1. The van der Waals surface area contributed by atoms with Gasteiger partial charge in [-0.15, -0.1) is 0 Å². The summed E-state index contributed by atoms with van der Waals surface area (Å²) < 4.78 is 27.2. The zero-order chi connectivity index (χ0) is 17.3. The van der Waals surface area contributed by atoms with Gasteiger partial charge in [-0.25, -0.2) is 8.78 Å². The van der Waals surface area contributed by atoms with E-state index >= 15 is 0 Å². The Labute approximate surface area is 135 Å². The first-order valence-corrected chi connectivity index (χ1v) is 6.93. The molecular formula is C17H12F2N4O. The molecule has 0 aliphatic rings. The smallest absolute Gasteiger partial charge is 0.280 e. The van der Waals surface area contributed by atoms with Gasteiger partial charge in [0.25, 0.3) is 5.91 Å². The van der Waals surface area contributed by atoms with Crippen molar-refractivity contribution < 1.29 is 13.6 Å². The molecule has 1 aromatic heterocycles. The second kappa shape index (κ2) is 6.04. The molecule has 0 aliphatic heterocycles. The largest absolute Gasteiger partial charge is 0.370 e. The monoisotopic (exact) mass is 326 g/mol. The van der Waals surface area contributed by atoms with Crippen LogP contribution in [0.15, 0.2) is 53.8 Å².